The Labute approximate surface area is 100 Å². The summed E-state index contributed by atoms with van der Waals surface area (Å²) in [4.78, 5) is 2.10. The van der Waals surface area contributed by atoms with E-state index in [4.69, 9.17) is 0 Å². The summed E-state index contributed by atoms with van der Waals surface area (Å²) in [5.41, 5.74) is 0. The predicted octanol–water partition coefficient (Wildman–Crippen LogP) is 1.61. The highest BCUT2D eigenvalue weighted by Gasteiger charge is 2.37. The fourth-order valence-corrected chi connectivity index (χ4v) is 4.28. The minimum absolute atomic E-state index is 0.102. The van der Waals surface area contributed by atoms with Crippen molar-refractivity contribution >= 4 is 22.0 Å². The quantitative estimate of drug-likeness (QED) is 0.504. The average Bonchev–Trinajstić information content (AvgIpc) is 2.45. The molecule has 0 aromatic carbocycles. The van der Waals surface area contributed by atoms with Crippen LogP contribution in [-0.4, -0.2) is 34.1 Å². The van der Waals surface area contributed by atoms with Gasteiger partial charge in [-0.25, -0.2) is 0 Å². The number of unbranched alkanes of at least 4 members (excludes halogenated alkanes) is 2. The summed E-state index contributed by atoms with van der Waals surface area (Å²) in [6.45, 7) is 2.09. The van der Waals surface area contributed by atoms with Crippen LogP contribution in [-0.2, 0) is 11.3 Å². The number of hydrogen-bond acceptors (Lipinski definition) is 5. The molecular formula is C8H19N2O4S2-. The standard InChI is InChI=1S/C8H20N2O4S2/c1-2-3-4-5-8-6-7-16(13,14)10(8)9-15(11)12/h8-9,13-14H,2-7H2,1H3,(H,11,12)/p-1. The Bertz CT molecular complexity index is 252. The van der Waals surface area contributed by atoms with Gasteiger partial charge in [0.1, 0.15) is 0 Å². The van der Waals surface area contributed by atoms with Crippen LogP contribution in [0.15, 0.2) is 0 Å². The van der Waals surface area contributed by atoms with Crippen LogP contribution < -0.4 is 4.83 Å². The first-order chi connectivity index (χ1) is 7.47. The smallest absolute Gasteiger partial charge is 0.0560 e. The molecule has 1 heterocycles. The molecule has 0 aromatic heterocycles. The second-order valence-electron chi connectivity index (χ2n) is 3.93. The van der Waals surface area contributed by atoms with Gasteiger partial charge in [0, 0.05) is 17.3 Å². The van der Waals surface area contributed by atoms with Crippen LogP contribution >= 0.6 is 10.8 Å². The Hall–Kier alpha value is 0.300. The fraction of sp³-hybridized carbons (Fsp3) is 1.00. The lowest BCUT2D eigenvalue weighted by Gasteiger charge is -2.39. The minimum Gasteiger partial charge on any atom is -0.759 e. The Morgan fingerprint density at radius 3 is 2.81 bits per heavy atom. The SMILES string of the molecule is CCCCCC1CCS(O)(O)N1NS(=O)[O-]. The van der Waals surface area contributed by atoms with Crippen molar-refractivity contribution in [2.75, 3.05) is 5.75 Å². The van der Waals surface area contributed by atoms with Crippen molar-refractivity contribution in [2.45, 2.75) is 45.1 Å². The molecule has 6 nitrogen and oxygen atoms in total. The molecule has 0 saturated carbocycles. The van der Waals surface area contributed by atoms with Crippen molar-refractivity contribution in [2.24, 2.45) is 0 Å². The molecule has 2 atom stereocenters. The molecule has 1 aliphatic rings. The molecule has 2 unspecified atom stereocenters. The van der Waals surface area contributed by atoms with E-state index in [0.717, 1.165) is 30.1 Å². The van der Waals surface area contributed by atoms with Gasteiger partial charge >= 0.3 is 0 Å². The molecule has 0 bridgehead atoms. The molecule has 1 aliphatic heterocycles. The number of nitrogens with one attached hydrogen (secondary N) is 1. The highest BCUT2D eigenvalue weighted by molar-refractivity contribution is 8.22. The summed E-state index contributed by atoms with van der Waals surface area (Å²) < 4.78 is 41.5. The van der Waals surface area contributed by atoms with E-state index in [-0.39, 0.29) is 11.8 Å². The van der Waals surface area contributed by atoms with Gasteiger partial charge in [-0.3, -0.25) is 13.3 Å². The summed E-state index contributed by atoms with van der Waals surface area (Å²) in [6, 6.07) is -0.102. The van der Waals surface area contributed by atoms with Gasteiger partial charge in [0.15, 0.2) is 0 Å². The lowest BCUT2D eigenvalue weighted by atomic mass is 10.1. The zero-order valence-corrected chi connectivity index (χ0v) is 10.9. The summed E-state index contributed by atoms with van der Waals surface area (Å²) in [5, 5.41) is 0. The van der Waals surface area contributed by atoms with Gasteiger partial charge in [-0.15, -0.1) is 15.2 Å². The molecule has 0 spiro atoms. The van der Waals surface area contributed by atoms with Crippen LogP contribution in [0, 0.1) is 0 Å². The zero-order chi connectivity index (χ0) is 12.2. The largest absolute Gasteiger partial charge is 0.759 e. The molecule has 0 radical (unpaired) electrons. The molecular weight excluding hydrogens is 252 g/mol. The first kappa shape index (κ1) is 14.4. The summed E-state index contributed by atoms with van der Waals surface area (Å²) in [7, 11) is -2.94. The molecule has 0 amide bonds. The van der Waals surface area contributed by atoms with Crippen LogP contribution in [0.25, 0.3) is 0 Å². The van der Waals surface area contributed by atoms with Crippen molar-refractivity contribution in [1.29, 1.82) is 0 Å². The number of nitrogens with zero attached hydrogens (tertiary/aromatic N) is 1. The van der Waals surface area contributed by atoms with Crippen molar-refractivity contribution in [3.63, 3.8) is 0 Å². The monoisotopic (exact) mass is 271 g/mol. The summed E-state index contributed by atoms with van der Waals surface area (Å²) >= 11 is -2.50. The first-order valence-electron chi connectivity index (χ1n) is 5.38. The molecule has 1 rings (SSSR count). The summed E-state index contributed by atoms with van der Waals surface area (Å²) in [6.07, 6.45) is 4.54. The van der Waals surface area contributed by atoms with Crippen molar-refractivity contribution in [3.05, 3.63) is 0 Å². The van der Waals surface area contributed by atoms with E-state index < -0.39 is 22.0 Å². The van der Waals surface area contributed by atoms with Gasteiger partial charge < -0.3 is 4.55 Å². The van der Waals surface area contributed by atoms with Gasteiger partial charge in [0.2, 0.25) is 0 Å². The molecule has 0 aliphatic carbocycles. The molecule has 98 valence electrons. The maximum Gasteiger partial charge on any atom is 0.0560 e. The van der Waals surface area contributed by atoms with Gasteiger partial charge in [0.05, 0.1) is 5.75 Å². The predicted molar refractivity (Wildman–Crippen MR) is 64.2 cm³/mol. The number of rotatable bonds is 6. The molecule has 3 N–H and O–H groups in total. The van der Waals surface area contributed by atoms with Gasteiger partial charge in [0.25, 0.3) is 0 Å². The first-order valence-corrected chi connectivity index (χ1v) is 8.13. The van der Waals surface area contributed by atoms with Crippen molar-refractivity contribution in [3.8, 4) is 0 Å². The fourth-order valence-electron chi connectivity index (χ4n) is 1.85. The third-order valence-electron chi connectivity index (χ3n) is 2.68. The van der Waals surface area contributed by atoms with Crippen LogP contribution in [0.4, 0.5) is 0 Å². The van der Waals surface area contributed by atoms with Crippen molar-refractivity contribution in [1.82, 2.24) is 9.25 Å². The van der Waals surface area contributed by atoms with Gasteiger partial charge in [-0.2, -0.15) is 4.83 Å². The highest BCUT2D eigenvalue weighted by Crippen LogP contribution is 2.50. The topological polar surface area (TPSA) is 95.9 Å². The van der Waals surface area contributed by atoms with Crippen LogP contribution in [0.5, 0.6) is 0 Å². The van der Waals surface area contributed by atoms with E-state index in [1.807, 2.05) is 0 Å². The van der Waals surface area contributed by atoms with Crippen LogP contribution in [0.3, 0.4) is 0 Å². The molecule has 8 heteroatoms. The molecule has 0 aromatic rings. The molecule has 16 heavy (non-hydrogen) atoms. The maximum atomic E-state index is 10.6. The van der Waals surface area contributed by atoms with Gasteiger partial charge in [-0.1, -0.05) is 26.2 Å². The Morgan fingerprint density at radius 2 is 2.25 bits per heavy atom. The van der Waals surface area contributed by atoms with E-state index in [1.165, 1.54) is 0 Å². The van der Waals surface area contributed by atoms with E-state index >= 15 is 0 Å². The second-order valence-corrected chi connectivity index (χ2v) is 6.64. The van der Waals surface area contributed by atoms with Crippen molar-refractivity contribution < 1.29 is 17.9 Å². The third-order valence-corrected chi connectivity index (χ3v) is 4.94. The summed E-state index contributed by atoms with van der Waals surface area (Å²) in [5.74, 6) is 0.244. The van der Waals surface area contributed by atoms with E-state index in [0.29, 0.717) is 6.42 Å². The number of hydrogen-bond donors (Lipinski definition) is 3. The zero-order valence-electron chi connectivity index (χ0n) is 9.29. The minimum atomic E-state index is -2.94. The number of hydrazine groups is 1. The van der Waals surface area contributed by atoms with E-state index in [9.17, 15) is 17.9 Å². The highest BCUT2D eigenvalue weighted by atomic mass is 32.3. The Kier molecular flexibility index (Phi) is 5.65. The molecule has 1 fully saturated rings. The van der Waals surface area contributed by atoms with Crippen LogP contribution in [0.2, 0.25) is 0 Å². The lowest BCUT2D eigenvalue weighted by Crippen LogP contribution is -2.43. The average molecular weight is 271 g/mol. The maximum absolute atomic E-state index is 10.6. The third kappa shape index (κ3) is 3.95. The van der Waals surface area contributed by atoms with E-state index in [1.54, 1.807) is 0 Å². The van der Waals surface area contributed by atoms with E-state index in [2.05, 4.69) is 11.8 Å². The Morgan fingerprint density at radius 1 is 1.56 bits per heavy atom. The van der Waals surface area contributed by atoms with Gasteiger partial charge in [-0.05, 0) is 12.8 Å². The second kappa shape index (κ2) is 6.29. The van der Waals surface area contributed by atoms with Crippen LogP contribution in [0.1, 0.15) is 39.0 Å². The Balaban J connectivity index is 2.52. The lowest BCUT2D eigenvalue weighted by molar-refractivity contribution is 0.264. The normalized spacial score (nSPS) is 29.1. The molecule has 1 saturated heterocycles.